The van der Waals surface area contributed by atoms with Gasteiger partial charge < -0.3 is 15.4 Å². The summed E-state index contributed by atoms with van der Waals surface area (Å²) < 4.78 is 5.58. The van der Waals surface area contributed by atoms with Gasteiger partial charge in [-0.15, -0.1) is 0 Å². The summed E-state index contributed by atoms with van der Waals surface area (Å²) in [6, 6.07) is 3.37. The molecule has 1 aromatic rings. The Balaban J connectivity index is 2.02. The van der Waals surface area contributed by atoms with E-state index in [0.29, 0.717) is 24.5 Å². The number of aromatic nitrogens is 1. The maximum atomic E-state index is 12.2. The maximum Gasteiger partial charge on any atom is 0.272 e. The Hall–Kier alpha value is -1.62. The molecule has 0 spiro atoms. The molecule has 2 rings (SSSR count). The van der Waals surface area contributed by atoms with E-state index in [4.69, 9.17) is 10.5 Å². The van der Waals surface area contributed by atoms with E-state index in [-0.39, 0.29) is 12.0 Å². The quantitative estimate of drug-likeness (QED) is 0.876. The fourth-order valence-electron chi connectivity index (χ4n) is 2.19. The highest BCUT2D eigenvalue weighted by Gasteiger charge is 2.25. The molecule has 1 aliphatic heterocycles. The molecule has 2 N–H and O–H groups in total. The van der Waals surface area contributed by atoms with Gasteiger partial charge in [0.05, 0.1) is 18.0 Å². The Labute approximate surface area is 107 Å². The lowest BCUT2D eigenvalue weighted by Gasteiger charge is -2.32. The Morgan fingerprint density at radius 3 is 3.11 bits per heavy atom. The first-order chi connectivity index (χ1) is 8.70. The third-order valence-electron chi connectivity index (χ3n) is 3.07. The fraction of sp³-hybridized carbons (Fsp3) is 0.538. The van der Waals surface area contributed by atoms with Gasteiger partial charge in [0.1, 0.15) is 5.69 Å². The Kier molecular flexibility index (Phi) is 4.15. The van der Waals surface area contributed by atoms with Crippen LogP contribution in [0.2, 0.25) is 0 Å². The largest absolute Gasteiger partial charge is 0.397 e. The highest BCUT2D eigenvalue weighted by molar-refractivity contribution is 5.92. The highest BCUT2D eigenvalue weighted by Crippen LogP contribution is 2.15. The Morgan fingerprint density at radius 2 is 2.44 bits per heavy atom. The van der Waals surface area contributed by atoms with Crippen LogP contribution in [-0.2, 0) is 4.74 Å². The first kappa shape index (κ1) is 12.8. The molecule has 0 aromatic carbocycles. The van der Waals surface area contributed by atoms with Crippen molar-refractivity contribution >= 4 is 11.6 Å². The van der Waals surface area contributed by atoms with E-state index in [9.17, 15) is 4.79 Å². The SMILES string of the molecule is CCOC1CCCN(C(=O)c2ccc(N)cn2)C1. The van der Waals surface area contributed by atoms with Crippen molar-refractivity contribution in [2.75, 3.05) is 25.4 Å². The molecule has 1 atom stereocenters. The zero-order valence-electron chi connectivity index (χ0n) is 10.6. The van der Waals surface area contributed by atoms with E-state index in [2.05, 4.69) is 4.98 Å². The van der Waals surface area contributed by atoms with Crippen LogP contribution >= 0.6 is 0 Å². The van der Waals surface area contributed by atoms with Gasteiger partial charge in [0.2, 0.25) is 0 Å². The molecule has 1 aliphatic rings. The van der Waals surface area contributed by atoms with Crippen LogP contribution in [-0.4, -0.2) is 41.6 Å². The molecule has 0 saturated carbocycles. The summed E-state index contributed by atoms with van der Waals surface area (Å²) in [6.07, 6.45) is 3.66. The second-order valence-corrected chi connectivity index (χ2v) is 4.45. The van der Waals surface area contributed by atoms with E-state index in [1.54, 1.807) is 12.1 Å². The van der Waals surface area contributed by atoms with Crippen molar-refractivity contribution in [1.82, 2.24) is 9.88 Å². The molecule has 0 radical (unpaired) electrons. The molecule has 1 saturated heterocycles. The average molecular weight is 249 g/mol. The normalized spacial score (nSPS) is 19.8. The van der Waals surface area contributed by atoms with Crippen LogP contribution < -0.4 is 5.73 Å². The van der Waals surface area contributed by atoms with Crippen LogP contribution in [0.3, 0.4) is 0 Å². The molecule has 0 aliphatic carbocycles. The molecular formula is C13H19N3O2. The van der Waals surface area contributed by atoms with Crippen molar-refractivity contribution < 1.29 is 9.53 Å². The average Bonchev–Trinajstić information content (AvgIpc) is 2.39. The van der Waals surface area contributed by atoms with E-state index < -0.39 is 0 Å². The predicted molar refractivity (Wildman–Crippen MR) is 69.2 cm³/mol. The number of hydrogen-bond donors (Lipinski definition) is 1. The van der Waals surface area contributed by atoms with Gasteiger partial charge in [0.15, 0.2) is 0 Å². The number of amides is 1. The highest BCUT2D eigenvalue weighted by atomic mass is 16.5. The van der Waals surface area contributed by atoms with E-state index >= 15 is 0 Å². The zero-order valence-corrected chi connectivity index (χ0v) is 10.6. The summed E-state index contributed by atoms with van der Waals surface area (Å²) in [5, 5.41) is 0. The van der Waals surface area contributed by atoms with Crippen molar-refractivity contribution in [3.63, 3.8) is 0 Å². The van der Waals surface area contributed by atoms with Crippen LogP contribution in [0.4, 0.5) is 5.69 Å². The van der Waals surface area contributed by atoms with E-state index in [1.165, 1.54) is 6.20 Å². The predicted octanol–water partition coefficient (Wildman–Crippen LogP) is 1.30. The number of carbonyl (C=O) groups is 1. The molecule has 98 valence electrons. The summed E-state index contributed by atoms with van der Waals surface area (Å²) in [5.74, 6) is -0.0422. The van der Waals surface area contributed by atoms with Gasteiger partial charge >= 0.3 is 0 Å². The molecule has 1 fully saturated rings. The molecule has 2 heterocycles. The van der Waals surface area contributed by atoms with Gasteiger partial charge in [-0.05, 0) is 31.9 Å². The first-order valence-electron chi connectivity index (χ1n) is 6.33. The van der Waals surface area contributed by atoms with Crippen LogP contribution in [0.15, 0.2) is 18.3 Å². The molecule has 1 unspecified atom stereocenters. The lowest BCUT2D eigenvalue weighted by atomic mass is 10.1. The number of nitrogens with zero attached hydrogens (tertiary/aromatic N) is 2. The van der Waals surface area contributed by atoms with E-state index in [0.717, 1.165) is 19.4 Å². The summed E-state index contributed by atoms with van der Waals surface area (Å²) in [5.41, 5.74) is 6.57. The first-order valence-corrected chi connectivity index (χ1v) is 6.33. The van der Waals surface area contributed by atoms with Crippen LogP contribution in [0, 0.1) is 0 Å². The third-order valence-corrected chi connectivity index (χ3v) is 3.07. The van der Waals surface area contributed by atoms with Gasteiger partial charge in [-0.25, -0.2) is 4.98 Å². The zero-order chi connectivity index (χ0) is 13.0. The number of pyridine rings is 1. The van der Waals surface area contributed by atoms with Crippen molar-refractivity contribution in [1.29, 1.82) is 0 Å². The van der Waals surface area contributed by atoms with Gasteiger partial charge in [-0.3, -0.25) is 4.79 Å². The fourth-order valence-corrected chi connectivity index (χ4v) is 2.19. The van der Waals surface area contributed by atoms with Gasteiger partial charge in [0, 0.05) is 19.7 Å². The minimum absolute atomic E-state index is 0.0422. The standard InChI is InChI=1S/C13H19N3O2/c1-2-18-11-4-3-7-16(9-11)13(17)12-6-5-10(14)8-15-12/h5-6,8,11H,2-4,7,9,14H2,1H3. The van der Waals surface area contributed by atoms with Crippen LogP contribution in [0.5, 0.6) is 0 Å². The Bertz CT molecular complexity index is 403. The minimum atomic E-state index is -0.0422. The summed E-state index contributed by atoms with van der Waals surface area (Å²) in [6.45, 7) is 4.09. The van der Waals surface area contributed by atoms with Gasteiger partial charge in [-0.2, -0.15) is 0 Å². The molecule has 5 nitrogen and oxygen atoms in total. The summed E-state index contributed by atoms with van der Waals surface area (Å²) in [7, 11) is 0. The number of carbonyl (C=O) groups excluding carboxylic acids is 1. The number of nitrogen functional groups attached to an aromatic ring is 1. The number of anilines is 1. The summed E-state index contributed by atoms with van der Waals surface area (Å²) in [4.78, 5) is 18.1. The van der Waals surface area contributed by atoms with Gasteiger partial charge in [-0.1, -0.05) is 0 Å². The van der Waals surface area contributed by atoms with Crippen LogP contribution in [0.25, 0.3) is 0 Å². The maximum absolute atomic E-state index is 12.2. The van der Waals surface area contributed by atoms with Crippen molar-refractivity contribution in [2.24, 2.45) is 0 Å². The van der Waals surface area contributed by atoms with Crippen LogP contribution in [0.1, 0.15) is 30.3 Å². The van der Waals surface area contributed by atoms with Crippen molar-refractivity contribution in [3.8, 4) is 0 Å². The van der Waals surface area contributed by atoms with E-state index in [1.807, 2.05) is 11.8 Å². The van der Waals surface area contributed by atoms with Crippen molar-refractivity contribution in [2.45, 2.75) is 25.9 Å². The number of rotatable bonds is 3. The lowest BCUT2D eigenvalue weighted by molar-refractivity contribution is 0.00703. The lowest BCUT2D eigenvalue weighted by Crippen LogP contribution is -2.43. The molecular weight excluding hydrogens is 230 g/mol. The number of ether oxygens (including phenoxy) is 1. The smallest absolute Gasteiger partial charge is 0.272 e. The Morgan fingerprint density at radius 1 is 1.61 bits per heavy atom. The molecule has 1 amide bonds. The minimum Gasteiger partial charge on any atom is -0.397 e. The number of hydrogen-bond acceptors (Lipinski definition) is 4. The molecule has 0 bridgehead atoms. The molecule has 5 heteroatoms. The number of likely N-dealkylation sites (tertiary alicyclic amines) is 1. The second kappa shape index (κ2) is 5.82. The van der Waals surface area contributed by atoms with Gasteiger partial charge in [0.25, 0.3) is 5.91 Å². The second-order valence-electron chi connectivity index (χ2n) is 4.45. The van der Waals surface area contributed by atoms with Crippen molar-refractivity contribution in [3.05, 3.63) is 24.0 Å². The number of nitrogens with two attached hydrogens (primary N) is 1. The molecule has 18 heavy (non-hydrogen) atoms. The monoisotopic (exact) mass is 249 g/mol. The number of piperidine rings is 1. The third kappa shape index (κ3) is 2.98. The topological polar surface area (TPSA) is 68.5 Å². The summed E-state index contributed by atoms with van der Waals surface area (Å²) >= 11 is 0. The molecule has 1 aromatic heterocycles.